The molecule has 3 nitrogen and oxygen atoms in total. The molecule has 0 spiro atoms. The van der Waals surface area contributed by atoms with Crippen LogP contribution < -0.4 is 5.32 Å². The number of para-hydroxylation sites is 1. The molecule has 8 aromatic rings. The van der Waals surface area contributed by atoms with E-state index in [2.05, 4.69) is 164 Å². The first kappa shape index (κ1) is 29.9. The molecule has 3 heteroatoms. The van der Waals surface area contributed by atoms with Crippen molar-refractivity contribution in [2.45, 2.75) is 25.9 Å². The molecule has 1 aliphatic rings. The molecule has 7 aromatic carbocycles. The van der Waals surface area contributed by atoms with Crippen LogP contribution in [-0.2, 0) is 0 Å². The summed E-state index contributed by atoms with van der Waals surface area (Å²) < 4.78 is 6.19. The molecule has 1 aliphatic heterocycles. The van der Waals surface area contributed by atoms with E-state index >= 15 is 0 Å². The second-order valence-corrected chi connectivity index (χ2v) is 13.2. The Kier molecular flexibility index (Phi) is 7.59. The quantitative estimate of drug-likeness (QED) is 0.202. The molecule has 1 aromatic heterocycles. The van der Waals surface area contributed by atoms with E-state index in [9.17, 15) is 0 Å². The normalized spacial score (nSPS) is 16.6. The molecule has 240 valence electrons. The first-order chi connectivity index (χ1) is 24.7. The van der Waals surface area contributed by atoms with Gasteiger partial charge in [-0.3, -0.25) is 4.99 Å². The summed E-state index contributed by atoms with van der Waals surface area (Å²) in [5.74, 6) is 0. The minimum atomic E-state index is -0.254. The highest BCUT2D eigenvalue weighted by molar-refractivity contribution is 6.12. The van der Waals surface area contributed by atoms with Gasteiger partial charge in [0.2, 0.25) is 0 Å². The fourth-order valence-corrected chi connectivity index (χ4v) is 7.34. The van der Waals surface area contributed by atoms with Crippen molar-refractivity contribution in [3.63, 3.8) is 0 Å². The van der Waals surface area contributed by atoms with Crippen LogP contribution in [0.4, 0.5) is 0 Å². The van der Waals surface area contributed by atoms with Gasteiger partial charge in [0.1, 0.15) is 17.3 Å². The lowest BCUT2D eigenvalue weighted by Crippen LogP contribution is -2.23. The molecule has 1 atom stereocenters. The summed E-state index contributed by atoms with van der Waals surface area (Å²) in [4.78, 5) is 5.42. The van der Waals surface area contributed by atoms with Crippen LogP contribution >= 0.6 is 0 Å². The van der Waals surface area contributed by atoms with Crippen molar-refractivity contribution in [1.29, 1.82) is 0 Å². The van der Waals surface area contributed by atoms with Crippen molar-refractivity contribution in [1.82, 2.24) is 5.32 Å². The second kappa shape index (κ2) is 12.7. The number of nitrogens with zero attached hydrogens (tertiary/aromatic N) is 1. The summed E-state index contributed by atoms with van der Waals surface area (Å²) >= 11 is 0. The molecule has 0 saturated carbocycles. The molecule has 0 saturated heterocycles. The molecule has 9 rings (SSSR count). The van der Waals surface area contributed by atoms with Gasteiger partial charge < -0.3 is 9.73 Å². The van der Waals surface area contributed by atoms with Crippen LogP contribution in [0.5, 0.6) is 0 Å². The number of furan rings is 1. The summed E-state index contributed by atoms with van der Waals surface area (Å²) in [5.41, 5.74) is 13.6. The Morgan fingerprint density at radius 3 is 2.06 bits per heavy atom. The lowest BCUT2D eigenvalue weighted by molar-refractivity contribution is 0.656. The summed E-state index contributed by atoms with van der Waals surface area (Å²) in [6.07, 6.45) is 1.55. The Bertz CT molecular complexity index is 2560. The maximum atomic E-state index is 6.19. The van der Waals surface area contributed by atoms with Gasteiger partial charge in [0.25, 0.3) is 0 Å². The maximum absolute atomic E-state index is 6.19. The molecular weight excluding hydrogens is 609 g/mol. The number of nitrogens with one attached hydrogen (secondary N) is 1. The van der Waals surface area contributed by atoms with E-state index in [1.165, 1.54) is 44.2 Å². The minimum absolute atomic E-state index is 0.254. The topological polar surface area (TPSA) is 37.5 Å². The molecule has 0 bridgehead atoms. The van der Waals surface area contributed by atoms with Gasteiger partial charge in [0, 0.05) is 22.2 Å². The molecule has 0 aliphatic carbocycles. The van der Waals surface area contributed by atoms with Crippen LogP contribution in [0, 0.1) is 0 Å². The highest BCUT2D eigenvalue weighted by Crippen LogP contribution is 2.37. The minimum Gasteiger partial charge on any atom is -0.456 e. The fourth-order valence-electron chi connectivity index (χ4n) is 7.34. The average molecular weight is 645 g/mol. The van der Waals surface area contributed by atoms with Gasteiger partial charge >= 0.3 is 0 Å². The van der Waals surface area contributed by atoms with Gasteiger partial charge in [-0.25, -0.2) is 0 Å². The zero-order chi connectivity index (χ0) is 33.4. The van der Waals surface area contributed by atoms with Crippen molar-refractivity contribution < 1.29 is 4.42 Å². The first-order valence-corrected chi connectivity index (χ1v) is 17.4. The third-order valence-corrected chi connectivity index (χ3v) is 10.0. The number of benzene rings is 7. The lowest BCUT2D eigenvalue weighted by atomic mass is 9.95. The molecule has 1 N–H and O–H groups in total. The van der Waals surface area contributed by atoms with E-state index in [0.29, 0.717) is 0 Å². The number of aliphatic imine (C=N–C) groups is 1. The van der Waals surface area contributed by atoms with Gasteiger partial charge in [0.05, 0.1) is 0 Å². The third kappa shape index (κ3) is 5.57. The van der Waals surface area contributed by atoms with Crippen LogP contribution in [0.3, 0.4) is 0 Å². The van der Waals surface area contributed by atoms with Crippen LogP contribution in [0.15, 0.2) is 179 Å². The van der Waals surface area contributed by atoms with Crippen LogP contribution in [-0.4, -0.2) is 5.71 Å². The first-order valence-electron chi connectivity index (χ1n) is 17.4. The summed E-state index contributed by atoms with van der Waals surface area (Å²) in [7, 11) is 0. The van der Waals surface area contributed by atoms with Crippen LogP contribution in [0.2, 0.25) is 0 Å². The van der Waals surface area contributed by atoms with Gasteiger partial charge in [-0.05, 0) is 93.3 Å². The zero-order valence-electron chi connectivity index (χ0n) is 27.9. The smallest absolute Gasteiger partial charge is 0.145 e. The van der Waals surface area contributed by atoms with E-state index in [1.54, 1.807) is 0 Å². The Morgan fingerprint density at radius 2 is 1.22 bits per heavy atom. The lowest BCUT2D eigenvalue weighted by Gasteiger charge is -2.26. The molecule has 0 fully saturated rings. The molecule has 50 heavy (non-hydrogen) atoms. The predicted molar refractivity (Wildman–Crippen MR) is 209 cm³/mol. The standard InChI is InChI=1S/C47H36N2O/c1-31-18-29-42(35-11-3-2-4-12-35)48-47(49-46(31)36-24-19-33(20-25-36)39-28-21-32-10-5-6-13-38(32)30-39)37-26-22-34(23-27-37)40-15-9-17-44-45(40)41-14-7-8-16-43(41)50-44/h2-17,19-28,30,47,49H,18,29H2,1H3/b46-31-,48-42?. The van der Waals surface area contributed by atoms with E-state index in [0.717, 1.165) is 57.3 Å². The summed E-state index contributed by atoms with van der Waals surface area (Å²) in [5, 5.41) is 8.71. The number of allylic oxidation sites excluding steroid dienone is 1. The van der Waals surface area contributed by atoms with Crippen molar-refractivity contribution in [2.75, 3.05) is 0 Å². The largest absolute Gasteiger partial charge is 0.456 e. The highest BCUT2D eigenvalue weighted by atomic mass is 16.3. The number of hydrogen-bond donors (Lipinski definition) is 1. The van der Waals surface area contributed by atoms with E-state index in [4.69, 9.17) is 9.41 Å². The van der Waals surface area contributed by atoms with Gasteiger partial charge in [-0.1, -0.05) is 146 Å². The van der Waals surface area contributed by atoms with E-state index in [1.807, 2.05) is 12.1 Å². The monoisotopic (exact) mass is 644 g/mol. The average Bonchev–Trinajstić information content (AvgIpc) is 3.56. The van der Waals surface area contributed by atoms with Crippen molar-refractivity contribution in [3.8, 4) is 22.3 Å². The Hall–Kier alpha value is -6.19. The summed E-state index contributed by atoms with van der Waals surface area (Å²) in [6, 6.07) is 58.3. The van der Waals surface area contributed by atoms with Gasteiger partial charge in [-0.2, -0.15) is 0 Å². The maximum Gasteiger partial charge on any atom is 0.145 e. The fraction of sp³-hybridized carbons (Fsp3) is 0.0851. The SMILES string of the molecule is C/C1=C(\c2ccc(-c3ccc4ccccc4c3)cc2)NC(c2ccc(-c3cccc4oc5ccccc5c34)cc2)N=C(c2ccccc2)CC1. The van der Waals surface area contributed by atoms with E-state index < -0.39 is 0 Å². The van der Waals surface area contributed by atoms with Gasteiger partial charge in [-0.15, -0.1) is 0 Å². The molecule has 1 unspecified atom stereocenters. The van der Waals surface area contributed by atoms with Crippen molar-refractivity contribution in [3.05, 3.63) is 186 Å². The Morgan fingerprint density at radius 1 is 0.540 bits per heavy atom. The zero-order valence-corrected chi connectivity index (χ0v) is 27.9. The van der Waals surface area contributed by atoms with Crippen LogP contribution in [0.1, 0.15) is 42.6 Å². The predicted octanol–water partition coefficient (Wildman–Crippen LogP) is 12.4. The number of rotatable bonds is 5. The highest BCUT2D eigenvalue weighted by Gasteiger charge is 2.21. The number of hydrogen-bond acceptors (Lipinski definition) is 3. The van der Waals surface area contributed by atoms with Crippen molar-refractivity contribution >= 4 is 44.1 Å². The Balaban J connectivity index is 1.08. The molecule has 2 heterocycles. The summed E-state index contributed by atoms with van der Waals surface area (Å²) in [6.45, 7) is 2.25. The van der Waals surface area contributed by atoms with Crippen LogP contribution in [0.25, 0.3) is 60.7 Å². The van der Waals surface area contributed by atoms with Gasteiger partial charge in [0.15, 0.2) is 0 Å². The Labute approximate surface area is 292 Å². The number of fused-ring (bicyclic) bond motifs is 4. The molecular formula is C47H36N2O. The van der Waals surface area contributed by atoms with Crippen molar-refractivity contribution in [2.24, 2.45) is 4.99 Å². The third-order valence-electron chi connectivity index (χ3n) is 10.0. The molecule has 0 radical (unpaired) electrons. The molecule has 0 amide bonds. The van der Waals surface area contributed by atoms with E-state index in [-0.39, 0.29) is 6.17 Å². The second-order valence-electron chi connectivity index (χ2n) is 13.2.